The van der Waals surface area contributed by atoms with Crippen molar-refractivity contribution in [3.8, 4) is 0 Å². The van der Waals surface area contributed by atoms with E-state index in [4.69, 9.17) is 0 Å². The van der Waals surface area contributed by atoms with Crippen molar-refractivity contribution < 1.29 is 0 Å². The minimum atomic E-state index is 0.666. The third-order valence-corrected chi connectivity index (χ3v) is 5.19. The Morgan fingerprint density at radius 2 is 2.18 bits per heavy atom. The first-order valence-corrected chi connectivity index (χ1v) is 7.54. The van der Waals surface area contributed by atoms with Crippen LogP contribution in [0.2, 0.25) is 0 Å². The summed E-state index contributed by atoms with van der Waals surface area (Å²) >= 11 is 2.08. The highest BCUT2D eigenvalue weighted by molar-refractivity contribution is 8.00. The van der Waals surface area contributed by atoms with Crippen LogP contribution in [-0.2, 0) is 6.42 Å². The Hall–Kier alpha value is -0.470. The largest absolute Gasteiger partial charge is 0.317 e. The van der Waals surface area contributed by atoms with Gasteiger partial charge in [0.1, 0.15) is 0 Å². The second-order valence-corrected chi connectivity index (χ2v) is 6.41. The molecule has 0 bridgehead atoms. The normalized spacial score (nSPS) is 22.2. The highest BCUT2D eigenvalue weighted by Gasteiger charge is 2.25. The summed E-state index contributed by atoms with van der Waals surface area (Å²) in [6, 6.07) is 9.52. The van der Waals surface area contributed by atoms with E-state index in [0.717, 1.165) is 11.2 Å². The SMILES string of the molecule is CCC(NC)C(C)CC1Cc2ccccc2S1. The summed E-state index contributed by atoms with van der Waals surface area (Å²) in [5, 5.41) is 4.22. The Balaban J connectivity index is 1.91. The van der Waals surface area contributed by atoms with Crippen LogP contribution < -0.4 is 5.32 Å². The zero-order valence-electron chi connectivity index (χ0n) is 11.1. The number of hydrogen-bond acceptors (Lipinski definition) is 2. The Morgan fingerprint density at radius 1 is 1.41 bits per heavy atom. The Labute approximate surface area is 109 Å². The maximum atomic E-state index is 3.44. The molecule has 1 aromatic carbocycles. The number of hydrogen-bond donors (Lipinski definition) is 1. The van der Waals surface area contributed by atoms with E-state index in [9.17, 15) is 0 Å². The van der Waals surface area contributed by atoms with E-state index < -0.39 is 0 Å². The molecule has 1 aromatic rings. The summed E-state index contributed by atoms with van der Waals surface area (Å²) in [7, 11) is 2.08. The van der Waals surface area contributed by atoms with Crippen LogP contribution >= 0.6 is 11.8 Å². The lowest BCUT2D eigenvalue weighted by Crippen LogP contribution is -2.32. The molecule has 1 aliphatic heterocycles. The van der Waals surface area contributed by atoms with Gasteiger partial charge in [0.2, 0.25) is 0 Å². The zero-order chi connectivity index (χ0) is 12.3. The van der Waals surface area contributed by atoms with Crippen LogP contribution in [0.4, 0.5) is 0 Å². The molecule has 1 nitrogen and oxygen atoms in total. The van der Waals surface area contributed by atoms with E-state index in [-0.39, 0.29) is 0 Å². The number of fused-ring (bicyclic) bond motifs is 1. The van der Waals surface area contributed by atoms with Crippen molar-refractivity contribution in [3.63, 3.8) is 0 Å². The molecule has 1 N–H and O–H groups in total. The molecule has 94 valence electrons. The van der Waals surface area contributed by atoms with E-state index in [1.165, 1.54) is 24.2 Å². The van der Waals surface area contributed by atoms with E-state index >= 15 is 0 Å². The van der Waals surface area contributed by atoms with Gasteiger partial charge in [0.25, 0.3) is 0 Å². The van der Waals surface area contributed by atoms with Crippen molar-refractivity contribution in [3.05, 3.63) is 29.8 Å². The monoisotopic (exact) mass is 249 g/mol. The maximum Gasteiger partial charge on any atom is 0.0138 e. The van der Waals surface area contributed by atoms with Gasteiger partial charge in [-0.1, -0.05) is 32.0 Å². The highest BCUT2D eigenvalue weighted by Crippen LogP contribution is 2.39. The average molecular weight is 249 g/mol. The fourth-order valence-electron chi connectivity index (χ4n) is 2.86. The molecule has 0 saturated heterocycles. The van der Waals surface area contributed by atoms with Crippen molar-refractivity contribution in [1.29, 1.82) is 0 Å². The molecule has 0 amide bonds. The van der Waals surface area contributed by atoms with Crippen molar-refractivity contribution in [2.45, 2.75) is 49.3 Å². The van der Waals surface area contributed by atoms with Crippen LogP contribution in [0.5, 0.6) is 0 Å². The predicted molar refractivity (Wildman–Crippen MR) is 76.7 cm³/mol. The minimum Gasteiger partial charge on any atom is -0.317 e. The van der Waals surface area contributed by atoms with Gasteiger partial charge in [-0.3, -0.25) is 0 Å². The van der Waals surface area contributed by atoms with Crippen molar-refractivity contribution >= 4 is 11.8 Å². The molecule has 0 fully saturated rings. The smallest absolute Gasteiger partial charge is 0.0138 e. The van der Waals surface area contributed by atoms with Crippen molar-refractivity contribution in [1.82, 2.24) is 5.32 Å². The molecular formula is C15H23NS. The third-order valence-electron chi connectivity index (χ3n) is 3.85. The molecule has 3 atom stereocenters. The Kier molecular flexibility index (Phi) is 4.52. The second-order valence-electron chi connectivity index (χ2n) is 5.07. The summed E-state index contributed by atoms with van der Waals surface area (Å²) in [6.45, 7) is 4.66. The predicted octanol–water partition coefficient (Wildman–Crippen LogP) is 3.73. The summed E-state index contributed by atoms with van der Waals surface area (Å²) < 4.78 is 0. The molecule has 2 heteroatoms. The summed E-state index contributed by atoms with van der Waals surface area (Å²) in [5.41, 5.74) is 1.55. The van der Waals surface area contributed by atoms with E-state index in [2.05, 4.69) is 62.2 Å². The van der Waals surface area contributed by atoms with Crippen LogP contribution in [-0.4, -0.2) is 18.3 Å². The van der Waals surface area contributed by atoms with Gasteiger partial charge in [-0.2, -0.15) is 0 Å². The number of rotatable bonds is 5. The standard InChI is InChI=1S/C15H23NS/c1-4-14(16-3)11(2)9-13-10-12-7-5-6-8-15(12)17-13/h5-8,11,13-14,16H,4,9-10H2,1-3H3. The van der Waals surface area contributed by atoms with Gasteiger partial charge in [-0.15, -0.1) is 11.8 Å². The van der Waals surface area contributed by atoms with Crippen molar-refractivity contribution in [2.24, 2.45) is 5.92 Å². The fourth-order valence-corrected chi connectivity index (χ4v) is 4.34. The molecule has 0 aromatic heterocycles. The summed E-state index contributed by atoms with van der Waals surface area (Å²) in [4.78, 5) is 1.50. The second kappa shape index (κ2) is 5.92. The molecular weight excluding hydrogens is 226 g/mol. The van der Waals surface area contributed by atoms with Gasteiger partial charge in [-0.05, 0) is 43.9 Å². The average Bonchev–Trinajstić information content (AvgIpc) is 2.72. The maximum absolute atomic E-state index is 3.44. The number of benzene rings is 1. The topological polar surface area (TPSA) is 12.0 Å². The number of nitrogens with one attached hydrogen (secondary N) is 1. The summed E-state index contributed by atoms with van der Waals surface area (Å²) in [5.74, 6) is 0.761. The van der Waals surface area contributed by atoms with Crippen LogP contribution in [0, 0.1) is 5.92 Å². The first kappa shape index (κ1) is 13.0. The van der Waals surface area contributed by atoms with Crippen LogP contribution in [0.3, 0.4) is 0 Å². The first-order valence-electron chi connectivity index (χ1n) is 6.66. The van der Waals surface area contributed by atoms with Crippen LogP contribution in [0.1, 0.15) is 32.3 Å². The van der Waals surface area contributed by atoms with Crippen LogP contribution in [0.25, 0.3) is 0 Å². The van der Waals surface area contributed by atoms with E-state index in [1.807, 2.05) is 0 Å². The zero-order valence-corrected chi connectivity index (χ0v) is 11.9. The van der Waals surface area contributed by atoms with E-state index in [1.54, 1.807) is 5.56 Å². The Bertz CT molecular complexity index is 335. The van der Waals surface area contributed by atoms with Gasteiger partial charge < -0.3 is 5.32 Å². The molecule has 0 aliphatic carbocycles. The molecule has 2 rings (SSSR count). The van der Waals surface area contributed by atoms with Gasteiger partial charge >= 0.3 is 0 Å². The van der Waals surface area contributed by atoms with Crippen molar-refractivity contribution in [2.75, 3.05) is 7.05 Å². The van der Waals surface area contributed by atoms with E-state index in [0.29, 0.717) is 6.04 Å². The minimum absolute atomic E-state index is 0.666. The highest BCUT2D eigenvalue weighted by atomic mass is 32.2. The van der Waals surface area contributed by atoms with Gasteiger partial charge in [0.05, 0.1) is 0 Å². The third kappa shape index (κ3) is 3.05. The van der Waals surface area contributed by atoms with Gasteiger partial charge in [-0.25, -0.2) is 0 Å². The fraction of sp³-hybridized carbons (Fsp3) is 0.600. The number of thioether (sulfide) groups is 1. The van der Waals surface area contributed by atoms with Gasteiger partial charge in [0, 0.05) is 16.2 Å². The summed E-state index contributed by atoms with van der Waals surface area (Å²) in [6.07, 6.45) is 3.80. The molecule has 3 unspecified atom stereocenters. The molecule has 1 heterocycles. The Morgan fingerprint density at radius 3 is 2.82 bits per heavy atom. The first-order chi connectivity index (χ1) is 8.24. The molecule has 1 aliphatic rings. The molecule has 0 spiro atoms. The van der Waals surface area contributed by atoms with Gasteiger partial charge in [0.15, 0.2) is 0 Å². The van der Waals surface area contributed by atoms with Crippen LogP contribution in [0.15, 0.2) is 29.2 Å². The molecule has 17 heavy (non-hydrogen) atoms. The molecule has 0 saturated carbocycles. The quantitative estimate of drug-likeness (QED) is 0.853. The lowest BCUT2D eigenvalue weighted by Gasteiger charge is -2.24. The lowest BCUT2D eigenvalue weighted by molar-refractivity contribution is 0.365. The lowest BCUT2D eigenvalue weighted by atomic mass is 9.93. The molecule has 0 radical (unpaired) electrons.